The van der Waals surface area contributed by atoms with E-state index in [9.17, 15) is 0 Å². The maximum atomic E-state index is 3.81. The van der Waals surface area contributed by atoms with E-state index >= 15 is 0 Å². The molecule has 2 unspecified atom stereocenters. The second-order valence-corrected chi connectivity index (χ2v) is 14.2. The van der Waals surface area contributed by atoms with Crippen LogP contribution in [0.1, 0.15) is 75.9 Å². The Hall–Kier alpha value is -3.98. The van der Waals surface area contributed by atoms with Crippen LogP contribution in [-0.4, -0.2) is 0 Å². The number of hydrogen-bond donors (Lipinski definition) is 2. The molecule has 0 aromatic heterocycles. The van der Waals surface area contributed by atoms with Gasteiger partial charge in [-0.05, 0) is 61.4 Å². The fraction of sp³-hybridized carbons (Fsp3) is 0.286. The molecule has 2 heteroatoms. The highest BCUT2D eigenvalue weighted by Crippen LogP contribution is 2.34. The van der Waals surface area contributed by atoms with Gasteiger partial charge in [-0.2, -0.15) is 0 Å². The number of nitrogens with one attached hydrogen (secondary N) is 2. The van der Waals surface area contributed by atoms with Gasteiger partial charge in [0.2, 0.25) is 0 Å². The fourth-order valence-corrected chi connectivity index (χ4v) is 6.09. The topological polar surface area (TPSA) is 24.1 Å². The number of hydrogen-bond acceptors (Lipinski definition) is 2. The molecule has 0 aliphatic carbocycles. The Balaban J connectivity index is 1.23. The Labute approximate surface area is 265 Å². The summed E-state index contributed by atoms with van der Waals surface area (Å²) in [5.41, 5.74) is 10.4. The van der Waals surface area contributed by atoms with Crippen molar-refractivity contribution in [1.29, 1.82) is 0 Å². The first kappa shape index (κ1) is 31.4. The van der Waals surface area contributed by atoms with Gasteiger partial charge in [0.1, 0.15) is 0 Å². The normalized spacial score (nSPS) is 13.4. The molecular weight excluding hydrogens is 532 g/mol. The van der Waals surface area contributed by atoms with Gasteiger partial charge in [-0.3, -0.25) is 0 Å². The molecule has 0 aliphatic rings. The summed E-state index contributed by atoms with van der Waals surface area (Å²) in [6.07, 6.45) is 0. The Morgan fingerprint density at radius 1 is 0.409 bits per heavy atom. The van der Waals surface area contributed by atoms with Crippen molar-refractivity contribution >= 4 is 0 Å². The molecule has 0 amide bonds. The average molecular weight is 581 g/mol. The molecule has 0 aliphatic heterocycles. The lowest BCUT2D eigenvalue weighted by Crippen LogP contribution is -2.32. The van der Waals surface area contributed by atoms with Crippen molar-refractivity contribution in [3.8, 4) is 22.3 Å². The summed E-state index contributed by atoms with van der Waals surface area (Å²) >= 11 is 0. The van der Waals surface area contributed by atoms with Crippen molar-refractivity contribution in [1.82, 2.24) is 10.6 Å². The van der Waals surface area contributed by atoms with Crippen molar-refractivity contribution in [3.05, 3.63) is 156 Å². The summed E-state index contributed by atoms with van der Waals surface area (Å²) < 4.78 is 0. The molecular formula is C42H48N2. The fourth-order valence-electron chi connectivity index (χ4n) is 6.09. The zero-order chi connectivity index (χ0) is 31.2. The summed E-state index contributed by atoms with van der Waals surface area (Å²) in [4.78, 5) is 0. The molecule has 44 heavy (non-hydrogen) atoms. The molecule has 0 spiro atoms. The number of rotatable bonds is 10. The molecule has 0 saturated heterocycles. The van der Waals surface area contributed by atoms with E-state index in [2.05, 4.69) is 186 Å². The van der Waals surface area contributed by atoms with Gasteiger partial charge in [0.15, 0.2) is 0 Å². The first-order valence-corrected chi connectivity index (χ1v) is 15.9. The summed E-state index contributed by atoms with van der Waals surface area (Å²) in [5, 5.41) is 7.63. The molecule has 0 bridgehead atoms. The molecule has 226 valence electrons. The Kier molecular flexibility index (Phi) is 9.84. The minimum atomic E-state index is 0.119. The van der Waals surface area contributed by atoms with Gasteiger partial charge in [0.25, 0.3) is 0 Å². The van der Waals surface area contributed by atoms with Gasteiger partial charge in [0.05, 0.1) is 0 Å². The second-order valence-electron chi connectivity index (χ2n) is 14.2. The van der Waals surface area contributed by atoms with Crippen LogP contribution in [-0.2, 0) is 13.1 Å². The SMILES string of the molecule is CC(C)(C)C(NCc1ccc(-c2cccc(-c3ccc(CNC(c4ccccc4)C(C)(C)C)cc3)c2)cc1)c1ccccc1. The largest absolute Gasteiger partial charge is 0.305 e. The van der Waals surface area contributed by atoms with E-state index in [1.54, 1.807) is 0 Å². The van der Waals surface area contributed by atoms with Gasteiger partial charge in [-0.15, -0.1) is 0 Å². The molecule has 0 heterocycles. The van der Waals surface area contributed by atoms with Gasteiger partial charge in [-0.25, -0.2) is 0 Å². The van der Waals surface area contributed by atoms with E-state index < -0.39 is 0 Å². The predicted octanol–water partition coefficient (Wildman–Crippen LogP) is 10.8. The van der Waals surface area contributed by atoms with Crippen LogP contribution < -0.4 is 10.6 Å². The van der Waals surface area contributed by atoms with Crippen LogP contribution in [0.5, 0.6) is 0 Å². The van der Waals surface area contributed by atoms with E-state index in [1.165, 1.54) is 44.5 Å². The molecule has 0 saturated carbocycles. The molecule has 5 aromatic rings. The van der Waals surface area contributed by atoms with Crippen molar-refractivity contribution in [2.45, 2.75) is 66.7 Å². The molecule has 2 atom stereocenters. The van der Waals surface area contributed by atoms with Crippen molar-refractivity contribution in [2.75, 3.05) is 0 Å². The molecule has 5 aromatic carbocycles. The quantitative estimate of drug-likeness (QED) is 0.172. The first-order valence-electron chi connectivity index (χ1n) is 15.9. The standard InChI is InChI=1S/C42H48N2/c1-41(2,3)39(35-14-9-7-10-15-35)43-29-31-20-24-33(25-21-31)37-18-13-19-38(28-37)34-26-22-32(23-27-34)30-44-40(42(4,5)6)36-16-11-8-12-17-36/h7-28,39-40,43-44H,29-30H2,1-6H3. The van der Waals surface area contributed by atoms with Crippen molar-refractivity contribution in [3.63, 3.8) is 0 Å². The average Bonchev–Trinajstić information content (AvgIpc) is 3.02. The number of benzene rings is 5. The molecule has 0 fully saturated rings. The lowest BCUT2D eigenvalue weighted by atomic mass is 9.82. The minimum Gasteiger partial charge on any atom is -0.305 e. The highest BCUT2D eigenvalue weighted by atomic mass is 14.9. The highest BCUT2D eigenvalue weighted by molar-refractivity contribution is 5.73. The van der Waals surface area contributed by atoms with E-state index in [1.807, 2.05) is 0 Å². The summed E-state index contributed by atoms with van der Waals surface area (Å²) in [5.74, 6) is 0. The second kappa shape index (κ2) is 13.8. The van der Waals surface area contributed by atoms with Gasteiger partial charge in [-0.1, -0.05) is 169 Å². The Morgan fingerprint density at radius 3 is 1.11 bits per heavy atom. The van der Waals surface area contributed by atoms with Crippen LogP contribution in [0.2, 0.25) is 0 Å². The highest BCUT2D eigenvalue weighted by Gasteiger charge is 2.26. The Morgan fingerprint density at radius 2 is 0.773 bits per heavy atom. The molecule has 5 rings (SSSR count). The molecule has 2 nitrogen and oxygen atoms in total. The van der Waals surface area contributed by atoms with Crippen LogP contribution in [0.25, 0.3) is 22.3 Å². The maximum Gasteiger partial charge on any atom is 0.0372 e. The van der Waals surface area contributed by atoms with E-state index in [4.69, 9.17) is 0 Å². The summed E-state index contributed by atoms with van der Waals surface area (Å²) in [6, 6.07) is 49.0. The first-order chi connectivity index (χ1) is 21.1. The van der Waals surface area contributed by atoms with Crippen LogP contribution in [0.4, 0.5) is 0 Å². The van der Waals surface area contributed by atoms with Crippen molar-refractivity contribution < 1.29 is 0 Å². The van der Waals surface area contributed by atoms with E-state index in [0.717, 1.165) is 13.1 Å². The van der Waals surface area contributed by atoms with Gasteiger partial charge in [0, 0.05) is 25.2 Å². The van der Waals surface area contributed by atoms with E-state index in [0.29, 0.717) is 0 Å². The van der Waals surface area contributed by atoms with Crippen molar-refractivity contribution in [2.24, 2.45) is 10.8 Å². The third-order valence-electron chi connectivity index (χ3n) is 8.46. The van der Waals surface area contributed by atoms with Crippen LogP contribution in [0.3, 0.4) is 0 Å². The zero-order valence-electron chi connectivity index (χ0n) is 27.3. The van der Waals surface area contributed by atoms with Crippen LogP contribution >= 0.6 is 0 Å². The summed E-state index contributed by atoms with van der Waals surface area (Å²) in [7, 11) is 0. The minimum absolute atomic E-state index is 0.119. The van der Waals surface area contributed by atoms with Gasteiger partial charge < -0.3 is 10.6 Å². The molecule has 2 N–H and O–H groups in total. The third-order valence-corrected chi connectivity index (χ3v) is 8.46. The van der Waals surface area contributed by atoms with Crippen LogP contribution in [0, 0.1) is 10.8 Å². The predicted molar refractivity (Wildman–Crippen MR) is 188 cm³/mol. The van der Waals surface area contributed by atoms with Gasteiger partial charge >= 0.3 is 0 Å². The third kappa shape index (κ3) is 8.14. The smallest absolute Gasteiger partial charge is 0.0372 e. The zero-order valence-corrected chi connectivity index (χ0v) is 27.3. The monoisotopic (exact) mass is 580 g/mol. The van der Waals surface area contributed by atoms with E-state index in [-0.39, 0.29) is 22.9 Å². The Bertz CT molecular complexity index is 1470. The summed E-state index contributed by atoms with van der Waals surface area (Å²) in [6.45, 7) is 15.5. The maximum absolute atomic E-state index is 3.81. The molecule has 0 radical (unpaired) electrons. The lowest BCUT2D eigenvalue weighted by Gasteiger charge is -2.32. The van der Waals surface area contributed by atoms with Crippen LogP contribution in [0.15, 0.2) is 133 Å². The lowest BCUT2D eigenvalue weighted by molar-refractivity contribution is 0.271.